The highest BCUT2D eigenvalue weighted by molar-refractivity contribution is 6.17. The molecule has 0 heterocycles. The summed E-state index contributed by atoms with van der Waals surface area (Å²) in [5.74, 6) is 2.37. The van der Waals surface area contributed by atoms with Gasteiger partial charge in [-0.2, -0.15) is 0 Å². The van der Waals surface area contributed by atoms with Crippen molar-refractivity contribution >= 4 is 11.6 Å². The number of ether oxygens (including phenoxy) is 2. The molecular formula is C15H24ClNO2. The van der Waals surface area contributed by atoms with E-state index in [0.717, 1.165) is 55.3 Å². The monoisotopic (exact) mass is 285 g/mol. The topological polar surface area (TPSA) is 30.5 Å². The van der Waals surface area contributed by atoms with Gasteiger partial charge in [0.2, 0.25) is 0 Å². The molecule has 0 amide bonds. The van der Waals surface area contributed by atoms with Crippen molar-refractivity contribution in [1.82, 2.24) is 5.32 Å². The molecule has 1 rings (SSSR count). The third kappa shape index (κ3) is 4.92. The van der Waals surface area contributed by atoms with Crippen LogP contribution in [0.5, 0.6) is 11.5 Å². The van der Waals surface area contributed by atoms with Gasteiger partial charge in [-0.25, -0.2) is 0 Å². The molecule has 0 unspecified atom stereocenters. The molecule has 108 valence electrons. The molecular weight excluding hydrogens is 262 g/mol. The molecule has 0 saturated carbocycles. The SMILES string of the molecule is COc1ccc(CCNCCCCCl)c(C)c1OC. The number of hydrogen-bond donors (Lipinski definition) is 1. The van der Waals surface area contributed by atoms with Gasteiger partial charge in [0.1, 0.15) is 0 Å². The maximum Gasteiger partial charge on any atom is 0.163 e. The average Bonchev–Trinajstić information content (AvgIpc) is 2.43. The second-order valence-corrected chi connectivity index (χ2v) is 4.86. The maximum atomic E-state index is 5.64. The van der Waals surface area contributed by atoms with E-state index in [1.54, 1.807) is 14.2 Å². The lowest BCUT2D eigenvalue weighted by molar-refractivity contribution is 0.352. The number of halogens is 1. The molecule has 1 N–H and O–H groups in total. The van der Waals surface area contributed by atoms with E-state index < -0.39 is 0 Å². The van der Waals surface area contributed by atoms with Crippen molar-refractivity contribution in [3.05, 3.63) is 23.3 Å². The molecule has 0 bridgehead atoms. The highest BCUT2D eigenvalue weighted by atomic mass is 35.5. The summed E-state index contributed by atoms with van der Waals surface area (Å²) in [7, 11) is 3.34. The standard InChI is InChI=1S/C15H24ClNO2/c1-12-13(8-11-17-10-5-4-9-16)6-7-14(18-2)15(12)19-3/h6-7,17H,4-5,8-11H2,1-3H3. The Kier molecular flexibility index (Phi) is 7.68. The van der Waals surface area contributed by atoms with E-state index >= 15 is 0 Å². The minimum absolute atomic E-state index is 0.746. The van der Waals surface area contributed by atoms with Crippen LogP contribution >= 0.6 is 11.6 Å². The van der Waals surface area contributed by atoms with Gasteiger partial charge in [-0.1, -0.05) is 6.07 Å². The largest absolute Gasteiger partial charge is 0.493 e. The second kappa shape index (κ2) is 9.05. The van der Waals surface area contributed by atoms with Crippen LogP contribution in [0.1, 0.15) is 24.0 Å². The predicted octanol–water partition coefficient (Wildman–Crippen LogP) is 3.16. The minimum Gasteiger partial charge on any atom is -0.493 e. The van der Waals surface area contributed by atoms with Crippen LogP contribution in [0.2, 0.25) is 0 Å². The van der Waals surface area contributed by atoms with Crippen molar-refractivity contribution in [1.29, 1.82) is 0 Å². The van der Waals surface area contributed by atoms with Gasteiger partial charge in [0.05, 0.1) is 14.2 Å². The zero-order valence-corrected chi connectivity index (χ0v) is 12.8. The number of methoxy groups -OCH3 is 2. The van der Waals surface area contributed by atoms with Gasteiger partial charge in [0, 0.05) is 5.88 Å². The lowest BCUT2D eigenvalue weighted by atomic mass is 10.0. The first-order valence-corrected chi connectivity index (χ1v) is 7.25. The normalized spacial score (nSPS) is 10.5. The van der Waals surface area contributed by atoms with E-state index in [1.807, 2.05) is 6.07 Å². The number of nitrogens with one attached hydrogen (secondary N) is 1. The first-order valence-electron chi connectivity index (χ1n) is 6.71. The molecule has 0 atom stereocenters. The van der Waals surface area contributed by atoms with Crippen molar-refractivity contribution in [3.63, 3.8) is 0 Å². The first-order chi connectivity index (χ1) is 9.24. The summed E-state index contributed by atoms with van der Waals surface area (Å²) >= 11 is 5.64. The third-order valence-corrected chi connectivity index (χ3v) is 3.48. The Morgan fingerprint density at radius 1 is 1.11 bits per heavy atom. The van der Waals surface area contributed by atoms with Crippen LogP contribution in [-0.4, -0.2) is 33.2 Å². The highest BCUT2D eigenvalue weighted by Gasteiger charge is 2.10. The zero-order valence-electron chi connectivity index (χ0n) is 12.1. The second-order valence-electron chi connectivity index (χ2n) is 4.48. The highest BCUT2D eigenvalue weighted by Crippen LogP contribution is 2.32. The van der Waals surface area contributed by atoms with Gasteiger partial charge in [-0.15, -0.1) is 11.6 Å². The van der Waals surface area contributed by atoms with Crippen LogP contribution in [-0.2, 0) is 6.42 Å². The van der Waals surface area contributed by atoms with Crippen LogP contribution in [0.25, 0.3) is 0 Å². The van der Waals surface area contributed by atoms with Crippen LogP contribution in [0.3, 0.4) is 0 Å². The number of alkyl halides is 1. The van der Waals surface area contributed by atoms with E-state index in [9.17, 15) is 0 Å². The van der Waals surface area contributed by atoms with Crippen LogP contribution in [0.15, 0.2) is 12.1 Å². The fourth-order valence-corrected chi connectivity index (χ4v) is 2.27. The molecule has 0 spiro atoms. The van der Waals surface area contributed by atoms with Gasteiger partial charge in [0.15, 0.2) is 11.5 Å². The van der Waals surface area contributed by atoms with Gasteiger partial charge >= 0.3 is 0 Å². The third-order valence-electron chi connectivity index (χ3n) is 3.21. The fraction of sp³-hybridized carbons (Fsp3) is 0.600. The number of benzene rings is 1. The summed E-state index contributed by atoms with van der Waals surface area (Å²) in [4.78, 5) is 0. The zero-order chi connectivity index (χ0) is 14.1. The Morgan fingerprint density at radius 3 is 2.53 bits per heavy atom. The molecule has 0 fully saturated rings. The minimum atomic E-state index is 0.746. The number of unbranched alkanes of at least 4 members (excludes halogenated alkanes) is 1. The first kappa shape index (κ1) is 16.1. The fourth-order valence-electron chi connectivity index (χ4n) is 2.09. The lowest BCUT2D eigenvalue weighted by Gasteiger charge is -2.14. The van der Waals surface area contributed by atoms with Gasteiger partial charge < -0.3 is 14.8 Å². The summed E-state index contributed by atoms with van der Waals surface area (Å²) in [6.07, 6.45) is 3.20. The lowest BCUT2D eigenvalue weighted by Crippen LogP contribution is -2.19. The quantitative estimate of drug-likeness (QED) is 0.558. The Labute approximate surface area is 121 Å². The van der Waals surface area contributed by atoms with Crippen LogP contribution < -0.4 is 14.8 Å². The van der Waals surface area contributed by atoms with Gasteiger partial charge in [-0.05, 0) is 56.5 Å². The number of hydrogen-bond acceptors (Lipinski definition) is 3. The molecule has 1 aromatic rings. The van der Waals surface area contributed by atoms with Crippen molar-refractivity contribution in [2.45, 2.75) is 26.2 Å². The molecule has 1 aromatic carbocycles. The van der Waals surface area contributed by atoms with E-state index in [-0.39, 0.29) is 0 Å². The van der Waals surface area contributed by atoms with E-state index in [2.05, 4.69) is 18.3 Å². The Morgan fingerprint density at radius 2 is 1.89 bits per heavy atom. The van der Waals surface area contributed by atoms with E-state index in [1.165, 1.54) is 5.56 Å². The Hall–Kier alpha value is -0.930. The predicted molar refractivity (Wildman–Crippen MR) is 80.8 cm³/mol. The Balaban J connectivity index is 2.50. The summed E-state index contributed by atoms with van der Waals surface area (Å²) in [5.41, 5.74) is 2.45. The van der Waals surface area contributed by atoms with Crippen molar-refractivity contribution < 1.29 is 9.47 Å². The molecule has 0 aliphatic heterocycles. The van der Waals surface area contributed by atoms with Crippen molar-refractivity contribution in [3.8, 4) is 11.5 Å². The van der Waals surface area contributed by atoms with E-state index in [0.29, 0.717) is 0 Å². The summed E-state index contributed by atoms with van der Waals surface area (Å²) in [6.45, 7) is 4.07. The molecule has 4 heteroatoms. The molecule has 0 aliphatic rings. The summed E-state index contributed by atoms with van der Waals surface area (Å²) in [6, 6.07) is 4.08. The molecule has 0 radical (unpaired) electrons. The van der Waals surface area contributed by atoms with Crippen LogP contribution in [0.4, 0.5) is 0 Å². The molecule has 0 saturated heterocycles. The summed E-state index contributed by atoms with van der Waals surface area (Å²) in [5, 5.41) is 3.43. The number of rotatable bonds is 9. The maximum absolute atomic E-state index is 5.64. The molecule has 19 heavy (non-hydrogen) atoms. The van der Waals surface area contributed by atoms with Crippen molar-refractivity contribution in [2.24, 2.45) is 0 Å². The smallest absolute Gasteiger partial charge is 0.163 e. The van der Waals surface area contributed by atoms with Gasteiger partial charge in [0.25, 0.3) is 0 Å². The molecule has 0 aliphatic carbocycles. The van der Waals surface area contributed by atoms with Crippen molar-refractivity contribution in [2.75, 3.05) is 33.2 Å². The van der Waals surface area contributed by atoms with Gasteiger partial charge in [-0.3, -0.25) is 0 Å². The van der Waals surface area contributed by atoms with Crippen LogP contribution in [0, 0.1) is 6.92 Å². The van der Waals surface area contributed by atoms with E-state index in [4.69, 9.17) is 21.1 Å². The summed E-state index contributed by atoms with van der Waals surface area (Å²) < 4.78 is 10.7. The average molecular weight is 286 g/mol. The molecule has 0 aromatic heterocycles. The Bertz CT molecular complexity index is 383. The molecule has 3 nitrogen and oxygen atoms in total.